The van der Waals surface area contributed by atoms with Crippen molar-refractivity contribution in [2.45, 2.75) is 6.92 Å². The third-order valence-electron chi connectivity index (χ3n) is 0.667. The molecule has 0 heterocycles. The minimum Gasteiger partial charge on any atom is -0.483 e. The van der Waals surface area contributed by atoms with Gasteiger partial charge in [0.1, 0.15) is 0 Å². The van der Waals surface area contributed by atoms with Gasteiger partial charge < -0.3 is 5.11 Å². The fourth-order valence-corrected chi connectivity index (χ4v) is 0.385. The third-order valence-corrected chi connectivity index (χ3v) is 0.667. The summed E-state index contributed by atoms with van der Waals surface area (Å²) in [6.45, 7) is 5.00. The smallest absolute Gasteiger partial charge is 0.290 e. The van der Waals surface area contributed by atoms with Gasteiger partial charge in [-0.05, 0) is 6.92 Å². The zero-order valence-corrected chi connectivity index (χ0v) is 7.18. The maximum Gasteiger partial charge on any atom is 0.290 e. The minimum atomic E-state index is -0.250. The number of benzene rings is 1. The molecule has 2 heteroatoms. The quantitative estimate of drug-likeness (QED) is 0.475. The lowest BCUT2D eigenvalue weighted by molar-refractivity contribution is -0.122. The first-order valence-electron chi connectivity index (χ1n) is 3.48. The van der Waals surface area contributed by atoms with Gasteiger partial charge in [0, 0.05) is 0 Å². The van der Waals surface area contributed by atoms with Gasteiger partial charge in [0.2, 0.25) is 0 Å². The first-order chi connectivity index (χ1) is 5.83. The second-order valence-electron chi connectivity index (χ2n) is 1.67. The van der Waals surface area contributed by atoms with Crippen molar-refractivity contribution in [1.82, 2.24) is 0 Å². The van der Waals surface area contributed by atoms with Crippen LogP contribution in [-0.2, 0) is 4.79 Å². The van der Waals surface area contributed by atoms with Crippen molar-refractivity contribution in [3.63, 3.8) is 0 Å². The van der Waals surface area contributed by atoms with Crippen molar-refractivity contribution in [2.75, 3.05) is 0 Å². The summed E-state index contributed by atoms with van der Waals surface area (Å²) in [6, 6.07) is 12.0. The highest BCUT2D eigenvalue weighted by Crippen LogP contribution is 1.79. The number of carboxylic acid groups (broad SMARTS) is 1. The summed E-state index contributed by atoms with van der Waals surface area (Å²) in [5, 5.41) is 6.89. The van der Waals surface area contributed by atoms with E-state index in [9.17, 15) is 0 Å². The summed E-state index contributed by atoms with van der Waals surface area (Å²) >= 11 is 0. The molecule has 12 heavy (non-hydrogen) atoms. The van der Waals surface area contributed by atoms with Crippen LogP contribution < -0.4 is 0 Å². The van der Waals surface area contributed by atoms with Crippen LogP contribution in [0.25, 0.3) is 0 Å². The Hall–Kier alpha value is -1.57. The van der Waals surface area contributed by atoms with Gasteiger partial charge in [-0.3, -0.25) is 4.79 Å². The van der Waals surface area contributed by atoms with E-state index in [1.54, 1.807) is 6.08 Å². The molecule has 66 valence electrons. The van der Waals surface area contributed by atoms with Crippen molar-refractivity contribution in [3.8, 4) is 0 Å². The molecule has 0 aliphatic rings. The van der Waals surface area contributed by atoms with Gasteiger partial charge in [-0.25, -0.2) is 0 Å². The van der Waals surface area contributed by atoms with Crippen molar-refractivity contribution >= 4 is 6.47 Å². The van der Waals surface area contributed by atoms with Crippen molar-refractivity contribution in [3.05, 3.63) is 49.1 Å². The molecule has 0 aromatic heterocycles. The van der Waals surface area contributed by atoms with E-state index >= 15 is 0 Å². The van der Waals surface area contributed by atoms with Crippen LogP contribution in [0.1, 0.15) is 6.92 Å². The second-order valence-corrected chi connectivity index (χ2v) is 1.67. The minimum absolute atomic E-state index is 0.250. The van der Waals surface area contributed by atoms with E-state index in [-0.39, 0.29) is 6.47 Å². The lowest BCUT2D eigenvalue weighted by Crippen LogP contribution is -1.49. The van der Waals surface area contributed by atoms with Gasteiger partial charge in [-0.15, -0.1) is 6.58 Å². The van der Waals surface area contributed by atoms with Gasteiger partial charge >= 0.3 is 0 Å². The topological polar surface area (TPSA) is 37.3 Å². The van der Waals surface area contributed by atoms with E-state index in [1.165, 1.54) is 0 Å². The molecule has 1 aromatic carbocycles. The van der Waals surface area contributed by atoms with Gasteiger partial charge in [0.15, 0.2) is 0 Å². The standard InChI is InChI=1S/C6H6.C3H6.CH2O2/c1-2-4-6-5-3-1;1-3-2;2-1-3/h1-6H;3H,1H2,2H3;1H,(H,2,3). The highest BCUT2D eigenvalue weighted by Gasteiger charge is 1.57. The van der Waals surface area contributed by atoms with E-state index in [4.69, 9.17) is 9.90 Å². The summed E-state index contributed by atoms with van der Waals surface area (Å²) in [6.07, 6.45) is 1.75. The second kappa shape index (κ2) is 16.2. The fourth-order valence-electron chi connectivity index (χ4n) is 0.385. The summed E-state index contributed by atoms with van der Waals surface area (Å²) in [5.74, 6) is 0. The zero-order valence-electron chi connectivity index (χ0n) is 7.18. The van der Waals surface area contributed by atoms with Crippen LogP contribution in [0.15, 0.2) is 49.1 Å². The number of carbonyl (C=O) groups is 1. The number of hydrogen-bond acceptors (Lipinski definition) is 1. The molecule has 0 saturated heterocycles. The third kappa shape index (κ3) is 23.7. The molecule has 0 bridgehead atoms. The molecule has 1 rings (SSSR count). The Labute approximate surface area is 73.2 Å². The molecule has 2 nitrogen and oxygen atoms in total. The Kier molecular flexibility index (Phi) is 17.6. The van der Waals surface area contributed by atoms with Gasteiger partial charge in [-0.1, -0.05) is 42.5 Å². The van der Waals surface area contributed by atoms with Gasteiger partial charge in [0.25, 0.3) is 6.47 Å². The lowest BCUT2D eigenvalue weighted by Gasteiger charge is -1.69. The largest absolute Gasteiger partial charge is 0.483 e. The van der Waals surface area contributed by atoms with Crippen molar-refractivity contribution < 1.29 is 9.90 Å². The summed E-state index contributed by atoms with van der Waals surface area (Å²) in [5.41, 5.74) is 0. The van der Waals surface area contributed by atoms with Crippen LogP contribution in [0.5, 0.6) is 0 Å². The summed E-state index contributed by atoms with van der Waals surface area (Å²) in [4.78, 5) is 8.36. The Morgan fingerprint density at radius 3 is 1.25 bits per heavy atom. The van der Waals surface area contributed by atoms with Crippen LogP contribution in [-0.4, -0.2) is 11.6 Å². The van der Waals surface area contributed by atoms with E-state index in [0.717, 1.165) is 0 Å². The van der Waals surface area contributed by atoms with Gasteiger partial charge in [0.05, 0.1) is 0 Å². The Balaban J connectivity index is 0. The summed E-state index contributed by atoms with van der Waals surface area (Å²) < 4.78 is 0. The van der Waals surface area contributed by atoms with E-state index in [2.05, 4.69) is 6.58 Å². The van der Waals surface area contributed by atoms with Crippen LogP contribution in [0.2, 0.25) is 0 Å². The average molecular weight is 166 g/mol. The van der Waals surface area contributed by atoms with Crippen molar-refractivity contribution in [2.24, 2.45) is 0 Å². The Bertz CT molecular complexity index is 138. The number of allylic oxidation sites excluding steroid dienone is 1. The van der Waals surface area contributed by atoms with E-state index < -0.39 is 0 Å². The molecular formula is C10H14O2. The average Bonchev–Trinajstić information content (AvgIpc) is 2.10. The Morgan fingerprint density at radius 2 is 1.17 bits per heavy atom. The molecule has 0 radical (unpaired) electrons. The fraction of sp³-hybridized carbons (Fsp3) is 0.100. The molecule has 0 fully saturated rings. The van der Waals surface area contributed by atoms with Crippen molar-refractivity contribution in [1.29, 1.82) is 0 Å². The predicted molar refractivity (Wildman–Crippen MR) is 51.0 cm³/mol. The molecular weight excluding hydrogens is 152 g/mol. The van der Waals surface area contributed by atoms with E-state index in [0.29, 0.717) is 0 Å². The highest BCUT2D eigenvalue weighted by atomic mass is 16.3. The molecule has 1 aromatic rings. The molecule has 0 atom stereocenters. The van der Waals surface area contributed by atoms with Crippen LogP contribution in [0.3, 0.4) is 0 Å². The maximum atomic E-state index is 8.36. The maximum absolute atomic E-state index is 8.36. The molecule has 0 amide bonds. The normalized spacial score (nSPS) is 6.08. The Morgan fingerprint density at radius 1 is 1.08 bits per heavy atom. The van der Waals surface area contributed by atoms with Crippen LogP contribution in [0.4, 0.5) is 0 Å². The predicted octanol–water partition coefficient (Wildman–Crippen LogP) is 2.58. The van der Waals surface area contributed by atoms with Gasteiger partial charge in [-0.2, -0.15) is 0 Å². The molecule has 0 saturated carbocycles. The van der Waals surface area contributed by atoms with E-state index in [1.807, 2.05) is 43.3 Å². The molecule has 0 spiro atoms. The van der Waals surface area contributed by atoms with Crippen LogP contribution >= 0.6 is 0 Å². The number of rotatable bonds is 0. The SMILES string of the molecule is C=CC.O=CO.c1ccccc1. The molecule has 0 unspecified atom stereocenters. The number of hydrogen-bond donors (Lipinski definition) is 1. The first-order valence-corrected chi connectivity index (χ1v) is 3.48. The first kappa shape index (κ1) is 13.1. The highest BCUT2D eigenvalue weighted by molar-refractivity contribution is 5.32. The monoisotopic (exact) mass is 166 g/mol. The molecule has 0 aliphatic heterocycles. The zero-order chi connectivity index (χ0) is 9.66. The lowest BCUT2D eigenvalue weighted by atomic mass is 10.4. The summed E-state index contributed by atoms with van der Waals surface area (Å²) in [7, 11) is 0. The molecule has 1 N–H and O–H groups in total. The van der Waals surface area contributed by atoms with Crippen LogP contribution in [0, 0.1) is 0 Å². The molecule has 0 aliphatic carbocycles.